The van der Waals surface area contributed by atoms with Gasteiger partial charge in [0.1, 0.15) is 0 Å². The highest BCUT2D eigenvalue weighted by molar-refractivity contribution is 8.34. The molecule has 1 aromatic rings. The fraction of sp³-hybridized carbons (Fsp3) is 0.125. The Labute approximate surface area is 83.0 Å². The molecule has 0 saturated heterocycles. The van der Waals surface area contributed by atoms with E-state index in [1.165, 1.54) is 27.9 Å². The molecule has 2 aliphatic heterocycles. The summed E-state index contributed by atoms with van der Waals surface area (Å²) in [6.45, 7) is 0. The molecule has 4 heteroatoms. The van der Waals surface area contributed by atoms with E-state index in [2.05, 4.69) is 17.5 Å². The second kappa shape index (κ2) is 2.58. The molecule has 0 radical (unpaired) electrons. The van der Waals surface area contributed by atoms with Crippen LogP contribution >= 0.6 is 19.5 Å². The summed E-state index contributed by atoms with van der Waals surface area (Å²) in [6.07, 6.45) is 2.32. The van der Waals surface area contributed by atoms with Crippen molar-refractivity contribution >= 4 is 45.1 Å². The van der Waals surface area contributed by atoms with Crippen molar-refractivity contribution < 1.29 is 0 Å². The minimum absolute atomic E-state index is 0.0929. The highest BCUT2D eigenvalue weighted by Gasteiger charge is 2.20. The Balaban J connectivity index is 2.56. The number of hydrogen-bond acceptors (Lipinski definition) is 2. The summed E-state index contributed by atoms with van der Waals surface area (Å²) in [5.74, 6) is 1.10. The van der Waals surface area contributed by atoms with Gasteiger partial charge in [0.15, 0.2) is 0 Å². The highest BCUT2D eigenvalue weighted by Crippen LogP contribution is 2.37. The number of hydrogen-bond donors (Lipinski definition) is 0. The van der Waals surface area contributed by atoms with Crippen molar-refractivity contribution in [1.82, 2.24) is 0 Å². The molecule has 60 valence electrons. The molecule has 1 unspecified atom stereocenters. The maximum absolute atomic E-state index is 5.42. The lowest BCUT2D eigenvalue weighted by Crippen LogP contribution is -1.99. The largest absolute Gasteiger partial charge is 0.142 e. The maximum atomic E-state index is 5.42. The van der Waals surface area contributed by atoms with Crippen LogP contribution in [-0.2, 0) is 20.6 Å². The van der Waals surface area contributed by atoms with Crippen LogP contribution in [0.1, 0.15) is 0 Å². The number of rotatable bonds is 0. The normalized spacial score (nSPS) is 26.2. The van der Waals surface area contributed by atoms with E-state index in [4.69, 9.17) is 11.2 Å². The van der Waals surface area contributed by atoms with Crippen molar-refractivity contribution in [1.29, 1.82) is 0 Å². The standard InChI is InChI=1S/C8H5PS3/c10-12-4-2-6-8(12)7-5(9-6)1-3-11-7/h1-3H,4H2. The van der Waals surface area contributed by atoms with Gasteiger partial charge in [-0.1, -0.05) is 23.7 Å². The van der Waals surface area contributed by atoms with E-state index < -0.39 is 0 Å². The van der Waals surface area contributed by atoms with Crippen molar-refractivity contribution in [2.45, 2.75) is 0 Å². The van der Waals surface area contributed by atoms with Crippen LogP contribution in [0, 0.1) is 4.94 Å². The summed E-state index contributed by atoms with van der Waals surface area (Å²) in [6, 6.07) is 2.22. The van der Waals surface area contributed by atoms with Crippen LogP contribution < -0.4 is 4.53 Å². The van der Waals surface area contributed by atoms with Gasteiger partial charge in [0.25, 0.3) is 0 Å². The zero-order valence-corrected chi connectivity index (χ0v) is 9.46. The lowest BCUT2D eigenvalue weighted by atomic mass is 10.4. The molecule has 0 bridgehead atoms. The molecule has 0 fully saturated rings. The van der Waals surface area contributed by atoms with Crippen molar-refractivity contribution in [3.8, 4) is 0 Å². The van der Waals surface area contributed by atoms with Gasteiger partial charge in [0.05, 0.1) is 4.53 Å². The molecule has 0 spiro atoms. The summed E-state index contributed by atoms with van der Waals surface area (Å²) in [4.78, 5) is 2.96. The van der Waals surface area contributed by atoms with Gasteiger partial charge in [-0.25, -0.2) is 0 Å². The molecule has 3 heterocycles. The fourth-order valence-electron chi connectivity index (χ4n) is 1.45. The van der Waals surface area contributed by atoms with E-state index in [0.717, 1.165) is 5.75 Å². The topological polar surface area (TPSA) is 0 Å². The SMILES string of the molecule is S=S1CC=C2P=c3ccsc3=C21. The summed E-state index contributed by atoms with van der Waals surface area (Å²) in [5.41, 5.74) is 0. The van der Waals surface area contributed by atoms with Gasteiger partial charge >= 0.3 is 0 Å². The fourth-order valence-corrected chi connectivity index (χ4v) is 6.99. The molecule has 0 N–H and O–H groups in total. The van der Waals surface area contributed by atoms with Gasteiger partial charge in [-0.2, -0.15) is 0 Å². The van der Waals surface area contributed by atoms with Gasteiger partial charge in [-0.05, 0) is 22.6 Å². The molecule has 0 saturated carbocycles. The first kappa shape index (κ1) is 7.57. The molecule has 2 aliphatic rings. The molecular weight excluding hydrogens is 223 g/mol. The van der Waals surface area contributed by atoms with E-state index in [1.54, 1.807) is 0 Å². The van der Waals surface area contributed by atoms with Crippen molar-refractivity contribution in [3.63, 3.8) is 0 Å². The maximum Gasteiger partial charge on any atom is 0.0537 e. The molecule has 0 aliphatic carbocycles. The van der Waals surface area contributed by atoms with Crippen LogP contribution in [0.2, 0.25) is 0 Å². The minimum atomic E-state index is 0.0929. The van der Waals surface area contributed by atoms with Gasteiger partial charge in [0.2, 0.25) is 0 Å². The van der Waals surface area contributed by atoms with Gasteiger partial charge in [-0.15, -0.1) is 11.3 Å². The quantitative estimate of drug-likeness (QED) is 0.612. The first-order valence-corrected chi connectivity index (χ1v) is 7.71. The first-order valence-electron chi connectivity index (χ1n) is 3.62. The van der Waals surface area contributed by atoms with Crippen molar-refractivity contribution in [3.05, 3.63) is 32.3 Å². The number of thiophene rings is 1. The monoisotopic (exact) mass is 228 g/mol. The van der Waals surface area contributed by atoms with E-state index in [1.807, 2.05) is 11.3 Å². The third-order valence-electron chi connectivity index (χ3n) is 1.98. The Bertz CT molecular complexity index is 521. The van der Waals surface area contributed by atoms with E-state index in [9.17, 15) is 0 Å². The molecular formula is C8H5PS3. The molecule has 12 heavy (non-hydrogen) atoms. The second-order valence-corrected chi connectivity index (χ2v) is 7.42. The zero-order chi connectivity index (χ0) is 8.13. The van der Waals surface area contributed by atoms with Crippen molar-refractivity contribution in [2.24, 2.45) is 0 Å². The lowest BCUT2D eigenvalue weighted by Gasteiger charge is -1.93. The first-order chi connectivity index (χ1) is 5.86. The zero-order valence-electron chi connectivity index (χ0n) is 6.11. The molecule has 1 aromatic heterocycles. The highest BCUT2D eigenvalue weighted by atomic mass is 32.8. The Morgan fingerprint density at radius 1 is 1.58 bits per heavy atom. The van der Waals surface area contributed by atoms with E-state index in [-0.39, 0.29) is 9.45 Å². The molecule has 0 aromatic carbocycles. The smallest absolute Gasteiger partial charge is 0.0537 e. The molecule has 1 atom stereocenters. The van der Waals surface area contributed by atoms with E-state index >= 15 is 0 Å². The van der Waals surface area contributed by atoms with Crippen LogP contribution in [0.15, 0.2) is 22.8 Å². The Morgan fingerprint density at radius 3 is 3.42 bits per heavy atom. The van der Waals surface area contributed by atoms with Crippen LogP contribution in [0.4, 0.5) is 0 Å². The Morgan fingerprint density at radius 2 is 2.50 bits per heavy atom. The lowest BCUT2D eigenvalue weighted by molar-refractivity contribution is 1.81. The summed E-state index contributed by atoms with van der Waals surface area (Å²) in [7, 11) is 1.49. The van der Waals surface area contributed by atoms with E-state index in [0.29, 0.717) is 0 Å². The third-order valence-corrected chi connectivity index (χ3v) is 6.86. The summed E-state index contributed by atoms with van der Waals surface area (Å²) in [5, 5.41) is 3.67. The average molecular weight is 228 g/mol. The average Bonchev–Trinajstić information content (AvgIpc) is 2.61. The second-order valence-electron chi connectivity index (χ2n) is 2.68. The third kappa shape index (κ3) is 0.882. The Kier molecular flexibility index (Phi) is 1.63. The van der Waals surface area contributed by atoms with Crippen LogP contribution in [-0.4, -0.2) is 5.75 Å². The summed E-state index contributed by atoms with van der Waals surface area (Å²) >= 11 is 7.27. The summed E-state index contributed by atoms with van der Waals surface area (Å²) < 4.78 is 1.47. The minimum Gasteiger partial charge on any atom is -0.142 e. The van der Waals surface area contributed by atoms with Crippen LogP contribution in [0.5, 0.6) is 0 Å². The predicted molar refractivity (Wildman–Crippen MR) is 60.8 cm³/mol. The predicted octanol–water partition coefficient (Wildman–Crippen LogP) is 2.04. The van der Waals surface area contributed by atoms with Crippen molar-refractivity contribution in [2.75, 3.05) is 5.75 Å². The Hall–Kier alpha value is 0.180. The van der Waals surface area contributed by atoms with Gasteiger partial charge in [0, 0.05) is 20.9 Å². The number of fused-ring (bicyclic) bond motifs is 2. The molecule has 0 amide bonds. The molecule has 3 rings (SSSR count). The van der Waals surface area contributed by atoms with Crippen LogP contribution in [0.25, 0.3) is 4.91 Å². The van der Waals surface area contributed by atoms with Crippen LogP contribution in [0.3, 0.4) is 0 Å². The molecule has 0 nitrogen and oxygen atoms in total. The van der Waals surface area contributed by atoms with Gasteiger partial charge in [-0.3, -0.25) is 0 Å². The van der Waals surface area contributed by atoms with Gasteiger partial charge < -0.3 is 0 Å².